The summed E-state index contributed by atoms with van der Waals surface area (Å²) in [5.74, 6) is 0.125. The predicted molar refractivity (Wildman–Crippen MR) is 57.7 cm³/mol. The molecule has 0 bridgehead atoms. The van der Waals surface area contributed by atoms with Gasteiger partial charge in [-0.1, -0.05) is 0 Å². The van der Waals surface area contributed by atoms with Gasteiger partial charge in [-0.05, 0) is 13.0 Å². The first-order valence-electron chi connectivity index (χ1n) is 5.39. The van der Waals surface area contributed by atoms with Gasteiger partial charge in [0, 0.05) is 25.5 Å². The summed E-state index contributed by atoms with van der Waals surface area (Å²) in [5, 5.41) is 9.13. The van der Waals surface area contributed by atoms with E-state index in [1.54, 1.807) is 6.20 Å². The standard InChI is InChI=1S/C10H16N4O2/c11-2-1-8(10(15)16)14-6-5-13-4-3-12-9(13)7-14/h3-4,8H,1-2,5-7,11H2,(H,15,16). The van der Waals surface area contributed by atoms with Crippen molar-refractivity contribution in [2.75, 3.05) is 13.1 Å². The molecule has 1 aromatic rings. The number of aromatic nitrogens is 2. The van der Waals surface area contributed by atoms with E-state index in [0.717, 1.165) is 18.9 Å². The number of carboxylic acid groups (broad SMARTS) is 1. The molecule has 2 heterocycles. The summed E-state index contributed by atoms with van der Waals surface area (Å²) in [6.45, 7) is 2.51. The fourth-order valence-corrected chi connectivity index (χ4v) is 2.08. The van der Waals surface area contributed by atoms with E-state index in [2.05, 4.69) is 9.55 Å². The average molecular weight is 224 g/mol. The first-order chi connectivity index (χ1) is 7.72. The molecule has 0 aliphatic carbocycles. The maximum atomic E-state index is 11.1. The van der Waals surface area contributed by atoms with Gasteiger partial charge < -0.3 is 15.4 Å². The van der Waals surface area contributed by atoms with Crippen molar-refractivity contribution in [1.29, 1.82) is 0 Å². The molecule has 0 amide bonds. The highest BCUT2D eigenvalue weighted by atomic mass is 16.4. The monoisotopic (exact) mass is 224 g/mol. The molecule has 88 valence electrons. The molecule has 1 aliphatic rings. The van der Waals surface area contributed by atoms with Crippen molar-refractivity contribution in [2.24, 2.45) is 5.73 Å². The number of fused-ring (bicyclic) bond motifs is 1. The van der Waals surface area contributed by atoms with Gasteiger partial charge in [0.1, 0.15) is 11.9 Å². The SMILES string of the molecule is NCCC(C(=O)O)N1CCn2ccnc2C1. The Balaban J connectivity index is 2.09. The minimum atomic E-state index is -0.801. The quantitative estimate of drug-likeness (QED) is 0.720. The zero-order valence-electron chi connectivity index (χ0n) is 9.04. The van der Waals surface area contributed by atoms with Gasteiger partial charge in [-0.3, -0.25) is 9.69 Å². The van der Waals surface area contributed by atoms with Crippen LogP contribution in [0.2, 0.25) is 0 Å². The van der Waals surface area contributed by atoms with Crippen LogP contribution in [0.1, 0.15) is 12.2 Å². The molecule has 1 aromatic heterocycles. The number of hydrogen-bond donors (Lipinski definition) is 2. The topological polar surface area (TPSA) is 84.4 Å². The zero-order valence-corrected chi connectivity index (χ0v) is 9.04. The summed E-state index contributed by atoms with van der Waals surface area (Å²) in [6, 6.07) is -0.490. The molecule has 16 heavy (non-hydrogen) atoms. The van der Waals surface area contributed by atoms with Gasteiger partial charge in [-0.25, -0.2) is 4.98 Å². The van der Waals surface area contributed by atoms with Crippen LogP contribution < -0.4 is 5.73 Å². The Morgan fingerprint density at radius 3 is 3.12 bits per heavy atom. The summed E-state index contributed by atoms with van der Waals surface area (Å²) < 4.78 is 2.05. The molecular formula is C10H16N4O2. The Bertz CT molecular complexity index is 377. The molecule has 2 rings (SSSR count). The molecule has 1 atom stereocenters. The van der Waals surface area contributed by atoms with E-state index in [1.807, 2.05) is 11.1 Å². The summed E-state index contributed by atoms with van der Waals surface area (Å²) >= 11 is 0. The number of imidazole rings is 1. The van der Waals surface area contributed by atoms with Crippen LogP contribution in [0.3, 0.4) is 0 Å². The minimum absolute atomic E-state index is 0.391. The van der Waals surface area contributed by atoms with Crippen molar-refractivity contribution in [2.45, 2.75) is 25.6 Å². The number of aliphatic carboxylic acids is 1. The van der Waals surface area contributed by atoms with Crippen molar-refractivity contribution in [3.63, 3.8) is 0 Å². The molecule has 0 aromatic carbocycles. The van der Waals surface area contributed by atoms with Crippen LogP contribution in [0, 0.1) is 0 Å². The molecule has 6 heteroatoms. The van der Waals surface area contributed by atoms with Crippen molar-refractivity contribution < 1.29 is 9.90 Å². The van der Waals surface area contributed by atoms with Crippen molar-refractivity contribution in [3.05, 3.63) is 18.2 Å². The van der Waals surface area contributed by atoms with E-state index in [1.165, 1.54) is 0 Å². The van der Waals surface area contributed by atoms with Gasteiger partial charge in [0.2, 0.25) is 0 Å². The minimum Gasteiger partial charge on any atom is -0.480 e. The van der Waals surface area contributed by atoms with Crippen molar-refractivity contribution in [1.82, 2.24) is 14.5 Å². The summed E-state index contributed by atoms with van der Waals surface area (Å²) in [6.07, 6.45) is 4.15. The van der Waals surface area contributed by atoms with Crippen LogP contribution in [0.5, 0.6) is 0 Å². The molecule has 3 N–H and O–H groups in total. The van der Waals surface area contributed by atoms with Crippen LogP contribution in [0.15, 0.2) is 12.4 Å². The third-order valence-electron chi connectivity index (χ3n) is 2.94. The normalized spacial score (nSPS) is 18.1. The Morgan fingerprint density at radius 1 is 1.62 bits per heavy atom. The number of carboxylic acids is 1. The van der Waals surface area contributed by atoms with Crippen LogP contribution in [0.4, 0.5) is 0 Å². The summed E-state index contributed by atoms with van der Waals surface area (Å²) in [4.78, 5) is 17.2. The van der Waals surface area contributed by atoms with Gasteiger partial charge in [-0.2, -0.15) is 0 Å². The van der Waals surface area contributed by atoms with Crippen LogP contribution in [0.25, 0.3) is 0 Å². The highest BCUT2D eigenvalue weighted by molar-refractivity contribution is 5.73. The second-order valence-electron chi connectivity index (χ2n) is 3.94. The maximum Gasteiger partial charge on any atom is 0.320 e. The smallest absolute Gasteiger partial charge is 0.320 e. The van der Waals surface area contributed by atoms with E-state index in [-0.39, 0.29) is 0 Å². The molecule has 0 fully saturated rings. The zero-order chi connectivity index (χ0) is 11.5. The lowest BCUT2D eigenvalue weighted by atomic mass is 10.1. The van der Waals surface area contributed by atoms with Crippen molar-refractivity contribution >= 4 is 5.97 Å². The van der Waals surface area contributed by atoms with E-state index in [4.69, 9.17) is 10.8 Å². The molecule has 1 aliphatic heterocycles. The van der Waals surface area contributed by atoms with Crippen LogP contribution >= 0.6 is 0 Å². The lowest BCUT2D eigenvalue weighted by Gasteiger charge is -2.32. The number of hydrogen-bond acceptors (Lipinski definition) is 4. The number of rotatable bonds is 4. The van der Waals surface area contributed by atoms with E-state index < -0.39 is 12.0 Å². The van der Waals surface area contributed by atoms with Gasteiger partial charge in [0.15, 0.2) is 0 Å². The molecule has 0 saturated carbocycles. The average Bonchev–Trinajstić information content (AvgIpc) is 2.72. The Hall–Kier alpha value is -1.40. The summed E-state index contributed by atoms with van der Waals surface area (Å²) in [7, 11) is 0. The summed E-state index contributed by atoms with van der Waals surface area (Å²) in [5.41, 5.74) is 5.44. The Morgan fingerprint density at radius 2 is 2.44 bits per heavy atom. The third-order valence-corrected chi connectivity index (χ3v) is 2.94. The highest BCUT2D eigenvalue weighted by Gasteiger charge is 2.28. The molecule has 0 spiro atoms. The number of nitrogens with two attached hydrogens (primary N) is 1. The fourth-order valence-electron chi connectivity index (χ4n) is 2.08. The molecule has 1 unspecified atom stereocenters. The number of nitrogens with zero attached hydrogens (tertiary/aromatic N) is 3. The third kappa shape index (κ3) is 2.07. The Labute approximate surface area is 93.7 Å². The van der Waals surface area contributed by atoms with Crippen LogP contribution in [-0.2, 0) is 17.9 Å². The van der Waals surface area contributed by atoms with Crippen LogP contribution in [-0.4, -0.2) is 44.7 Å². The first-order valence-corrected chi connectivity index (χ1v) is 5.39. The maximum absolute atomic E-state index is 11.1. The van der Waals surface area contributed by atoms with E-state index in [9.17, 15) is 4.79 Å². The second kappa shape index (κ2) is 4.63. The molecule has 6 nitrogen and oxygen atoms in total. The number of carbonyl (C=O) groups is 1. The highest BCUT2D eigenvalue weighted by Crippen LogP contribution is 2.15. The van der Waals surface area contributed by atoms with Crippen molar-refractivity contribution in [3.8, 4) is 0 Å². The first kappa shape index (κ1) is 11.1. The Kier molecular flexibility index (Phi) is 3.21. The van der Waals surface area contributed by atoms with Gasteiger partial charge >= 0.3 is 5.97 Å². The van der Waals surface area contributed by atoms with Gasteiger partial charge in [0.05, 0.1) is 6.54 Å². The fraction of sp³-hybridized carbons (Fsp3) is 0.600. The van der Waals surface area contributed by atoms with Gasteiger partial charge in [-0.15, -0.1) is 0 Å². The molecule has 0 saturated heterocycles. The van der Waals surface area contributed by atoms with Gasteiger partial charge in [0.25, 0.3) is 0 Å². The molecular weight excluding hydrogens is 208 g/mol. The predicted octanol–water partition coefficient (Wildman–Crippen LogP) is -0.499. The lowest BCUT2D eigenvalue weighted by molar-refractivity contribution is -0.144. The van der Waals surface area contributed by atoms with E-state index in [0.29, 0.717) is 19.5 Å². The van der Waals surface area contributed by atoms with E-state index >= 15 is 0 Å². The lowest BCUT2D eigenvalue weighted by Crippen LogP contribution is -2.46. The molecule has 0 radical (unpaired) electrons. The largest absolute Gasteiger partial charge is 0.480 e. The second-order valence-corrected chi connectivity index (χ2v) is 3.94.